The molecule has 0 saturated heterocycles. The van der Waals surface area contributed by atoms with Crippen LogP contribution in [0.15, 0.2) is 0 Å². The molecule has 0 rings (SSSR count). The number of carboxylic acids is 1. The molecule has 5 nitrogen and oxygen atoms in total. The van der Waals surface area contributed by atoms with E-state index < -0.39 is 5.97 Å². The lowest BCUT2D eigenvalue weighted by atomic mass is 10.1. The van der Waals surface area contributed by atoms with Gasteiger partial charge in [0, 0.05) is 5.54 Å². The summed E-state index contributed by atoms with van der Waals surface area (Å²) < 4.78 is 0. The number of carbonyl (C=O) groups is 2. The first kappa shape index (κ1) is 11.9. The highest BCUT2D eigenvalue weighted by molar-refractivity contribution is 5.77. The molecule has 0 spiro atoms. The quantitative estimate of drug-likeness (QED) is 0.506. The lowest BCUT2D eigenvalue weighted by Crippen LogP contribution is -2.88. The van der Waals surface area contributed by atoms with Crippen molar-refractivity contribution >= 4 is 11.9 Å². The van der Waals surface area contributed by atoms with E-state index >= 15 is 0 Å². The van der Waals surface area contributed by atoms with Crippen molar-refractivity contribution in [3.63, 3.8) is 0 Å². The minimum absolute atomic E-state index is 0.0719. The van der Waals surface area contributed by atoms with Gasteiger partial charge in [-0.05, 0) is 20.8 Å². The molecule has 0 aromatic rings. The molecule has 4 N–H and O–H groups in total. The maximum absolute atomic E-state index is 11.1. The normalized spacial score (nSPS) is 11.0. The van der Waals surface area contributed by atoms with Crippen molar-refractivity contribution in [3.05, 3.63) is 0 Å². The van der Waals surface area contributed by atoms with E-state index in [0.29, 0.717) is 0 Å². The first-order valence-electron chi connectivity index (χ1n) is 4.16. The molecule has 1 amide bonds. The van der Waals surface area contributed by atoms with Gasteiger partial charge in [-0.25, -0.2) is 4.79 Å². The van der Waals surface area contributed by atoms with Gasteiger partial charge >= 0.3 is 5.97 Å². The first-order chi connectivity index (χ1) is 5.81. The van der Waals surface area contributed by atoms with E-state index in [2.05, 4.69) is 5.32 Å². The van der Waals surface area contributed by atoms with Crippen molar-refractivity contribution in [1.82, 2.24) is 5.32 Å². The largest absolute Gasteiger partial charge is 0.477 e. The van der Waals surface area contributed by atoms with Gasteiger partial charge < -0.3 is 15.7 Å². The van der Waals surface area contributed by atoms with Gasteiger partial charge in [0.05, 0.1) is 0 Å². The average molecular weight is 189 g/mol. The molecule has 0 aliphatic carbocycles. The van der Waals surface area contributed by atoms with Crippen LogP contribution in [0.3, 0.4) is 0 Å². The molecule has 13 heavy (non-hydrogen) atoms. The van der Waals surface area contributed by atoms with Crippen molar-refractivity contribution in [1.29, 1.82) is 0 Å². The monoisotopic (exact) mass is 189 g/mol. The molecule has 0 atom stereocenters. The van der Waals surface area contributed by atoms with Gasteiger partial charge in [0.1, 0.15) is 0 Å². The Hall–Kier alpha value is -1.10. The summed E-state index contributed by atoms with van der Waals surface area (Å²) in [7, 11) is 0. The number of nitrogens with one attached hydrogen (secondary N) is 1. The summed E-state index contributed by atoms with van der Waals surface area (Å²) in [6.07, 6.45) is 0. The Morgan fingerprint density at radius 2 is 1.85 bits per heavy atom. The van der Waals surface area contributed by atoms with Crippen molar-refractivity contribution < 1.29 is 20.0 Å². The van der Waals surface area contributed by atoms with E-state index in [1.54, 1.807) is 0 Å². The average Bonchev–Trinajstić information content (AvgIpc) is 1.81. The van der Waals surface area contributed by atoms with Gasteiger partial charge in [-0.2, -0.15) is 0 Å². The molecular weight excluding hydrogens is 172 g/mol. The molecule has 0 unspecified atom stereocenters. The predicted molar refractivity (Wildman–Crippen MR) is 47.2 cm³/mol. The molecule has 0 aromatic heterocycles. The number of rotatable bonds is 4. The summed E-state index contributed by atoms with van der Waals surface area (Å²) >= 11 is 0. The first-order valence-corrected chi connectivity index (χ1v) is 4.16. The van der Waals surface area contributed by atoms with Crippen LogP contribution in [-0.2, 0) is 9.59 Å². The molecule has 76 valence electrons. The van der Waals surface area contributed by atoms with Gasteiger partial charge in [0.2, 0.25) is 0 Å². The number of hydrogen-bond acceptors (Lipinski definition) is 2. The Kier molecular flexibility index (Phi) is 4.40. The van der Waals surface area contributed by atoms with Gasteiger partial charge in [-0.1, -0.05) is 0 Å². The van der Waals surface area contributed by atoms with E-state index in [0.717, 1.165) is 0 Å². The Morgan fingerprint density at radius 1 is 1.31 bits per heavy atom. The number of aliphatic carboxylic acids is 1. The lowest BCUT2D eigenvalue weighted by Gasteiger charge is -2.19. The maximum Gasteiger partial charge on any atom is 0.359 e. The molecule has 0 heterocycles. The zero-order chi connectivity index (χ0) is 10.5. The molecule has 5 heteroatoms. The van der Waals surface area contributed by atoms with Gasteiger partial charge in [-0.15, -0.1) is 0 Å². The topological polar surface area (TPSA) is 83.0 Å². The Labute approximate surface area is 77.5 Å². The maximum atomic E-state index is 11.1. The van der Waals surface area contributed by atoms with E-state index in [1.165, 1.54) is 5.32 Å². The van der Waals surface area contributed by atoms with Crippen LogP contribution >= 0.6 is 0 Å². The summed E-state index contributed by atoms with van der Waals surface area (Å²) in [5.74, 6) is -1.06. The Morgan fingerprint density at radius 3 is 2.23 bits per heavy atom. The second kappa shape index (κ2) is 4.81. The van der Waals surface area contributed by atoms with Crippen molar-refractivity contribution in [2.24, 2.45) is 0 Å². The third-order valence-electron chi connectivity index (χ3n) is 1.16. The van der Waals surface area contributed by atoms with Gasteiger partial charge in [-0.3, -0.25) is 4.79 Å². The zero-order valence-electron chi connectivity index (χ0n) is 8.26. The predicted octanol–water partition coefficient (Wildman–Crippen LogP) is -1.45. The van der Waals surface area contributed by atoms with Crippen LogP contribution in [0.2, 0.25) is 0 Å². The molecule has 0 radical (unpaired) electrons. The highest BCUT2D eigenvalue weighted by atomic mass is 16.4. The third-order valence-corrected chi connectivity index (χ3v) is 1.16. The lowest BCUT2D eigenvalue weighted by molar-refractivity contribution is -0.634. The minimum Gasteiger partial charge on any atom is -0.477 e. The summed E-state index contributed by atoms with van der Waals surface area (Å²) in [6.45, 7) is 5.72. The van der Waals surface area contributed by atoms with Crippen LogP contribution in [0.5, 0.6) is 0 Å². The van der Waals surface area contributed by atoms with Crippen LogP contribution < -0.4 is 10.6 Å². The fraction of sp³-hybridized carbons (Fsp3) is 0.750. The van der Waals surface area contributed by atoms with Crippen LogP contribution in [0.25, 0.3) is 0 Å². The summed E-state index contributed by atoms with van der Waals surface area (Å²) in [5, 5.41) is 12.5. The number of carbonyl (C=O) groups excluding carboxylic acids is 1. The Balaban J connectivity index is 3.59. The molecule has 0 fully saturated rings. The van der Waals surface area contributed by atoms with Crippen LogP contribution in [-0.4, -0.2) is 35.6 Å². The summed E-state index contributed by atoms with van der Waals surface area (Å²) in [5.41, 5.74) is -0.256. The zero-order valence-corrected chi connectivity index (χ0v) is 8.26. The molecular formula is C8H17N2O3+. The second-order valence-corrected chi connectivity index (χ2v) is 3.89. The van der Waals surface area contributed by atoms with Crippen molar-refractivity contribution in [2.45, 2.75) is 26.3 Å². The highest BCUT2D eigenvalue weighted by Gasteiger charge is 2.14. The standard InChI is InChI=1S/C8H16N2O3/c1-8(2,3)10-6(11)4-9-5-7(12)13/h9H,4-5H2,1-3H3,(H,10,11)(H,12,13)/p+1. The number of amides is 1. The van der Waals surface area contributed by atoms with Crippen LogP contribution in [0, 0.1) is 0 Å². The second-order valence-electron chi connectivity index (χ2n) is 3.89. The summed E-state index contributed by atoms with van der Waals surface area (Å²) in [4.78, 5) is 21.2. The molecule has 0 aliphatic heterocycles. The fourth-order valence-electron chi connectivity index (χ4n) is 0.796. The third kappa shape index (κ3) is 8.81. The van der Waals surface area contributed by atoms with Crippen molar-refractivity contribution in [3.8, 4) is 0 Å². The van der Waals surface area contributed by atoms with E-state index in [1.807, 2.05) is 20.8 Å². The minimum atomic E-state index is -0.913. The molecule has 0 saturated carbocycles. The fourth-order valence-corrected chi connectivity index (χ4v) is 0.796. The highest BCUT2D eigenvalue weighted by Crippen LogP contribution is 1.96. The smallest absolute Gasteiger partial charge is 0.359 e. The van der Waals surface area contributed by atoms with Gasteiger partial charge in [0.25, 0.3) is 5.91 Å². The summed E-state index contributed by atoms with van der Waals surface area (Å²) in [6, 6.07) is 0. The number of nitrogens with two attached hydrogens (primary N) is 1. The van der Waals surface area contributed by atoms with Gasteiger partial charge in [0.15, 0.2) is 13.1 Å². The number of carboxylic acid groups (broad SMARTS) is 1. The van der Waals surface area contributed by atoms with Crippen LogP contribution in [0.1, 0.15) is 20.8 Å². The van der Waals surface area contributed by atoms with Crippen molar-refractivity contribution in [2.75, 3.05) is 13.1 Å². The number of quaternary nitrogens is 1. The van der Waals surface area contributed by atoms with E-state index in [-0.39, 0.29) is 24.5 Å². The van der Waals surface area contributed by atoms with Crippen LogP contribution in [0.4, 0.5) is 0 Å². The molecule has 0 aromatic carbocycles. The molecule has 0 aliphatic rings. The SMILES string of the molecule is CC(C)(C)NC(=O)C[NH2+]CC(=O)O. The number of hydrogen-bond donors (Lipinski definition) is 3. The van der Waals surface area contributed by atoms with E-state index in [9.17, 15) is 9.59 Å². The van der Waals surface area contributed by atoms with E-state index in [4.69, 9.17) is 5.11 Å². The Bertz CT molecular complexity index is 196. The molecule has 0 bridgehead atoms.